The van der Waals surface area contributed by atoms with Crippen molar-refractivity contribution in [2.75, 3.05) is 19.6 Å². The third-order valence-electron chi connectivity index (χ3n) is 5.76. The number of nitrogens with one attached hydrogen (secondary N) is 2. The summed E-state index contributed by atoms with van der Waals surface area (Å²) in [4.78, 5) is 4.58. The van der Waals surface area contributed by atoms with Gasteiger partial charge in [-0.1, -0.05) is 51.5 Å². The fourth-order valence-corrected chi connectivity index (χ4v) is 3.85. The van der Waals surface area contributed by atoms with Gasteiger partial charge in [0.1, 0.15) is 11.6 Å². The Labute approximate surface area is 209 Å². The molecule has 0 bridgehead atoms. The van der Waals surface area contributed by atoms with E-state index in [0.717, 1.165) is 49.7 Å². The van der Waals surface area contributed by atoms with E-state index in [1.165, 1.54) is 24.8 Å². The predicted molar refractivity (Wildman–Crippen MR) is 141 cm³/mol. The molecule has 1 aliphatic rings. The van der Waals surface area contributed by atoms with Crippen LogP contribution in [0, 0.1) is 0 Å². The molecule has 1 unspecified atom stereocenters. The zero-order valence-electron chi connectivity index (χ0n) is 19.9. The minimum atomic E-state index is -0.628. The summed E-state index contributed by atoms with van der Waals surface area (Å²) in [6, 6.07) is 8.18. The number of benzene rings is 1. The summed E-state index contributed by atoms with van der Waals surface area (Å²) in [5.41, 5.74) is 2.25. The minimum Gasteiger partial charge on any atom is -0.386 e. The zero-order chi connectivity index (χ0) is 22.3. The van der Waals surface area contributed by atoms with Crippen LogP contribution in [0.3, 0.4) is 0 Å². The van der Waals surface area contributed by atoms with E-state index in [4.69, 9.17) is 0 Å². The topological polar surface area (TPSA) is 87.4 Å². The van der Waals surface area contributed by atoms with Crippen LogP contribution in [-0.4, -0.2) is 45.5 Å². The molecule has 0 aliphatic carbocycles. The van der Waals surface area contributed by atoms with Crippen LogP contribution < -0.4 is 10.6 Å². The first-order valence-corrected chi connectivity index (χ1v) is 11.6. The third-order valence-corrected chi connectivity index (χ3v) is 5.76. The van der Waals surface area contributed by atoms with Crippen molar-refractivity contribution in [3.8, 4) is 0 Å². The zero-order valence-corrected chi connectivity index (χ0v) is 22.2. The number of fused-ring (bicyclic) bond motifs is 1. The second-order valence-corrected chi connectivity index (χ2v) is 9.28. The van der Waals surface area contributed by atoms with Crippen LogP contribution in [0.5, 0.6) is 0 Å². The summed E-state index contributed by atoms with van der Waals surface area (Å²) < 4.78 is 2.28. The number of guanidine groups is 1. The first-order chi connectivity index (χ1) is 14.9. The lowest BCUT2D eigenvalue weighted by Gasteiger charge is -2.20. The highest BCUT2D eigenvalue weighted by atomic mass is 127. The van der Waals surface area contributed by atoms with Crippen LogP contribution in [0.4, 0.5) is 0 Å². The van der Waals surface area contributed by atoms with Crippen molar-refractivity contribution in [2.24, 2.45) is 4.99 Å². The van der Waals surface area contributed by atoms with Crippen LogP contribution in [0.15, 0.2) is 29.3 Å². The number of hydrogen-bond acceptors (Lipinski definition) is 4. The second kappa shape index (κ2) is 12.5. The number of rotatable bonds is 7. The maximum atomic E-state index is 10.6. The van der Waals surface area contributed by atoms with E-state index in [1.807, 2.05) is 19.1 Å². The van der Waals surface area contributed by atoms with Gasteiger partial charge < -0.3 is 20.3 Å². The van der Waals surface area contributed by atoms with Crippen molar-refractivity contribution in [2.45, 2.75) is 77.9 Å². The largest absolute Gasteiger partial charge is 0.386 e. The average Bonchev–Trinajstić information content (AvgIpc) is 2.97. The highest BCUT2D eigenvalue weighted by Gasteiger charge is 2.16. The van der Waals surface area contributed by atoms with Crippen LogP contribution in [0.2, 0.25) is 0 Å². The quantitative estimate of drug-likeness (QED) is 0.276. The third kappa shape index (κ3) is 7.43. The number of hydrogen-bond donors (Lipinski definition) is 3. The maximum absolute atomic E-state index is 10.6. The van der Waals surface area contributed by atoms with Gasteiger partial charge in [-0.2, -0.15) is 0 Å². The molecule has 0 radical (unpaired) electrons. The Hall–Kier alpha value is -1.68. The maximum Gasteiger partial charge on any atom is 0.191 e. The number of nitrogens with zero attached hydrogens (tertiary/aromatic N) is 4. The average molecular weight is 555 g/mol. The van der Waals surface area contributed by atoms with Crippen LogP contribution >= 0.6 is 24.0 Å². The summed E-state index contributed by atoms with van der Waals surface area (Å²) in [6.07, 6.45) is 4.86. The monoisotopic (exact) mass is 554 g/mol. The van der Waals surface area contributed by atoms with Crippen molar-refractivity contribution >= 4 is 29.9 Å². The van der Waals surface area contributed by atoms with Crippen molar-refractivity contribution in [3.05, 3.63) is 47.0 Å². The Morgan fingerprint density at radius 3 is 2.56 bits per heavy atom. The summed E-state index contributed by atoms with van der Waals surface area (Å²) >= 11 is 0. The Kier molecular flexibility index (Phi) is 10.4. The molecule has 178 valence electrons. The summed E-state index contributed by atoms with van der Waals surface area (Å²) in [5, 5.41) is 26.0. The molecule has 2 aromatic rings. The van der Waals surface area contributed by atoms with E-state index in [2.05, 4.69) is 63.3 Å². The van der Waals surface area contributed by atoms with Gasteiger partial charge in [-0.05, 0) is 36.3 Å². The SMILES string of the molecule is CCNC(=NCC(O)c1ccc(C(C)(C)C)cc1)NCCc1nnc2n1CCCCC2.I. The molecule has 0 fully saturated rings. The van der Waals surface area contributed by atoms with Gasteiger partial charge >= 0.3 is 0 Å². The molecule has 1 aromatic heterocycles. The Bertz CT molecular complexity index is 856. The summed E-state index contributed by atoms with van der Waals surface area (Å²) in [5.74, 6) is 2.87. The molecule has 0 saturated heterocycles. The molecule has 1 aliphatic heterocycles. The molecular formula is C24H39IN6O. The first kappa shape index (κ1) is 26.6. The van der Waals surface area contributed by atoms with E-state index in [1.54, 1.807) is 0 Å². The predicted octanol–water partition coefficient (Wildman–Crippen LogP) is 3.75. The normalized spacial score (nSPS) is 15.3. The van der Waals surface area contributed by atoms with E-state index < -0.39 is 6.10 Å². The van der Waals surface area contributed by atoms with Crippen molar-refractivity contribution in [1.82, 2.24) is 25.4 Å². The van der Waals surface area contributed by atoms with Gasteiger partial charge in [0, 0.05) is 32.5 Å². The van der Waals surface area contributed by atoms with Gasteiger partial charge in [0.25, 0.3) is 0 Å². The lowest BCUT2D eigenvalue weighted by Crippen LogP contribution is -2.38. The van der Waals surface area contributed by atoms with Gasteiger partial charge in [0.15, 0.2) is 5.96 Å². The number of aryl methyl sites for hydroxylation is 1. The van der Waals surface area contributed by atoms with E-state index in [0.29, 0.717) is 12.5 Å². The minimum absolute atomic E-state index is 0. The Morgan fingerprint density at radius 2 is 1.88 bits per heavy atom. The number of aliphatic hydroxyl groups is 1. The fraction of sp³-hybridized carbons (Fsp3) is 0.625. The van der Waals surface area contributed by atoms with Gasteiger partial charge in [0.05, 0.1) is 12.6 Å². The summed E-state index contributed by atoms with van der Waals surface area (Å²) in [7, 11) is 0. The smallest absolute Gasteiger partial charge is 0.191 e. The molecular weight excluding hydrogens is 515 g/mol. The highest BCUT2D eigenvalue weighted by molar-refractivity contribution is 14.0. The lowest BCUT2D eigenvalue weighted by molar-refractivity contribution is 0.187. The molecule has 1 aromatic carbocycles. The molecule has 0 amide bonds. The van der Waals surface area contributed by atoms with Gasteiger partial charge in [-0.3, -0.25) is 4.99 Å². The molecule has 0 spiro atoms. The number of halogens is 1. The Balaban J connectivity index is 0.00000363. The molecule has 32 heavy (non-hydrogen) atoms. The number of aromatic nitrogens is 3. The van der Waals surface area contributed by atoms with E-state index >= 15 is 0 Å². The molecule has 1 atom stereocenters. The van der Waals surface area contributed by atoms with Crippen molar-refractivity contribution < 1.29 is 5.11 Å². The fourth-order valence-electron chi connectivity index (χ4n) is 3.85. The van der Waals surface area contributed by atoms with E-state index in [9.17, 15) is 5.11 Å². The van der Waals surface area contributed by atoms with Crippen LogP contribution in [-0.2, 0) is 24.8 Å². The highest BCUT2D eigenvalue weighted by Crippen LogP contribution is 2.24. The van der Waals surface area contributed by atoms with Crippen LogP contribution in [0.1, 0.15) is 75.8 Å². The van der Waals surface area contributed by atoms with Crippen LogP contribution in [0.25, 0.3) is 0 Å². The molecule has 8 heteroatoms. The van der Waals surface area contributed by atoms with Gasteiger partial charge in [0.2, 0.25) is 0 Å². The lowest BCUT2D eigenvalue weighted by atomic mass is 9.86. The van der Waals surface area contributed by atoms with Crippen molar-refractivity contribution in [3.63, 3.8) is 0 Å². The Morgan fingerprint density at radius 1 is 1.12 bits per heavy atom. The number of aliphatic hydroxyl groups excluding tert-OH is 1. The van der Waals surface area contributed by atoms with E-state index in [-0.39, 0.29) is 29.4 Å². The molecule has 2 heterocycles. The molecule has 3 rings (SSSR count). The number of aliphatic imine (C=N–C) groups is 1. The molecule has 0 saturated carbocycles. The molecule has 3 N–H and O–H groups in total. The molecule has 7 nitrogen and oxygen atoms in total. The van der Waals surface area contributed by atoms with Gasteiger partial charge in [-0.25, -0.2) is 0 Å². The standard InChI is InChI=1S/C24H38N6O.HI/c1-5-25-23(26-15-14-22-29-28-21-9-7-6-8-16-30(21)22)27-17-20(31)18-10-12-19(13-11-18)24(2,3)4;/h10-13,20,31H,5-9,14-17H2,1-4H3,(H2,25,26,27);1H. The summed E-state index contributed by atoms with van der Waals surface area (Å²) in [6.45, 7) is 11.4. The first-order valence-electron chi connectivity index (χ1n) is 11.6. The van der Waals surface area contributed by atoms with Gasteiger partial charge in [-0.15, -0.1) is 34.2 Å². The second-order valence-electron chi connectivity index (χ2n) is 9.28. The van der Waals surface area contributed by atoms with Crippen molar-refractivity contribution in [1.29, 1.82) is 0 Å².